The minimum atomic E-state index is 0.235. The van der Waals surface area contributed by atoms with Gasteiger partial charge in [-0.25, -0.2) is 4.98 Å². The second-order valence-electron chi connectivity index (χ2n) is 2.43. The first-order valence-corrected chi connectivity index (χ1v) is 3.81. The summed E-state index contributed by atoms with van der Waals surface area (Å²) in [5.74, 6) is 0.654. The van der Waals surface area contributed by atoms with Crippen LogP contribution in [0.4, 0.5) is 0 Å². The van der Waals surface area contributed by atoms with Gasteiger partial charge in [-0.3, -0.25) is 0 Å². The molecule has 1 unspecified atom stereocenters. The van der Waals surface area contributed by atoms with Gasteiger partial charge in [0.15, 0.2) is 0 Å². The van der Waals surface area contributed by atoms with Gasteiger partial charge < -0.3 is 4.74 Å². The van der Waals surface area contributed by atoms with Crippen LogP contribution in [0.1, 0.15) is 20.3 Å². The Balaban J connectivity index is 2.51. The van der Waals surface area contributed by atoms with Crippen LogP contribution in [0.2, 0.25) is 0 Å². The Hall–Kier alpha value is -1.05. The molecule has 0 aromatic carbocycles. The maximum Gasteiger partial charge on any atom is 0.214 e. The smallest absolute Gasteiger partial charge is 0.214 e. The zero-order valence-electron chi connectivity index (χ0n) is 6.87. The summed E-state index contributed by atoms with van der Waals surface area (Å²) in [6.07, 6.45) is 2.91. The fourth-order valence-electron chi connectivity index (χ4n) is 0.664. The van der Waals surface area contributed by atoms with Crippen LogP contribution in [-0.4, -0.2) is 11.1 Å². The summed E-state index contributed by atoms with van der Waals surface area (Å²) < 4.78 is 5.42. The molecule has 0 fully saturated rings. The first-order chi connectivity index (χ1) is 5.33. The molecule has 1 heterocycles. The average Bonchev–Trinajstić information content (AvgIpc) is 2.06. The number of ether oxygens (including phenoxy) is 1. The fraction of sp³-hybridized carbons (Fsp3) is 0.444. The molecule has 0 aliphatic rings. The highest BCUT2D eigenvalue weighted by atomic mass is 16.5. The van der Waals surface area contributed by atoms with Crippen LogP contribution in [0.3, 0.4) is 0 Å². The Morgan fingerprint density at radius 1 is 1.73 bits per heavy atom. The highest BCUT2D eigenvalue weighted by Gasteiger charge is 1.99. The maximum absolute atomic E-state index is 5.42. The van der Waals surface area contributed by atoms with Crippen LogP contribution in [0.15, 0.2) is 18.3 Å². The van der Waals surface area contributed by atoms with Crippen molar-refractivity contribution in [3.8, 4) is 5.88 Å². The van der Waals surface area contributed by atoms with Gasteiger partial charge in [0.05, 0.1) is 6.10 Å². The van der Waals surface area contributed by atoms with Crippen molar-refractivity contribution in [3.63, 3.8) is 0 Å². The van der Waals surface area contributed by atoms with Crippen molar-refractivity contribution in [1.82, 2.24) is 4.98 Å². The largest absolute Gasteiger partial charge is 0.475 e. The molecular weight excluding hydrogens is 138 g/mol. The molecule has 1 aromatic heterocycles. The normalized spacial score (nSPS) is 12.5. The molecule has 1 atom stereocenters. The predicted molar refractivity (Wildman–Crippen MR) is 43.5 cm³/mol. The first-order valence-electron chi connectivity index (χ1n) is 3.81. The topological polar surface area (TPSA) is 22.1 Å². The van der Waals surface area contributed by atoms with Gasteiger partial charge in [0.1, 0.15) is 0 Å². The first kappa shape index (κ1) is 8.05. The highest BCUT2D eigenvalue weighted by molar-refractivity contribution is 5.08. The van der Waals surface area contributed by atoms with E-state index in [2.05, 4.69) is 18.0 Å². The fourth-order valence-corrected chi connectivity index (χ4v) is 0.664. The Morgan fingerprint density at radius 3 is 3.09 bits per heavy atom. The number of hydrogen-bond donors (Lipinski definition) is 0. The van der Waals surface area contributed by atoms with Gasteiger partial charge in [0, 0.05) is 12.3 Å². The lowest BCUT2D eigenvalue weighted by Crippen LogP contribution is -2.10. The van der Waals surface area contributed by atoms with Gasteiger partial charge in [-0.2, -0.15) is 0 Å². The van der Waals surface area contributed by atoms with Gasteiger partial charge in [0.25, 0.3) is 0 Å². The monoisotopic (exact) mass is 150 g/mol. The molecule has 2 nitrogen and oxygen atoms in total. The third-order valence-corrected chi connectivity index (χ3v) is 1.48. The van der Waals surface area contributed by atoms with Gasteiger partial charge in [0.2, 0.25) is 5.88 Å². The standard InChI is InChI=1S/C9H12NO/c1-3-8(2)11-9-6-4-5-7-10-9/h5-8H,3H2,1-2H3. The van der Waals surface area contributed by atoms with Gasteiger partial charge in [-0.05, 0) is 25.5 Å². The minimum Gasteiger partial charge on any atom is -0.475 e. The molecule has 0 saturated heterocycles. The Bertz CT molecular complexity index is 198. The lowest BCUT2D eigenvalue weighted by Gasteiger charge is -2.10. The van der Waals surface area contributed by atoms with E-state index in [0.29, 0.717) is 5.88 Å². The predicted octanol–water partition coefficient (Wildman–Crippen LogP) is 2.06. The van der Waals surface area contributed by atoms with Gasteiger partial charge in [-0.15, -0.1) is 0 Å². The second kappa shape index (κ2) is 3.96. The van der Waals surface area contributed by atoms with Gasteiger partial charge in [-0.1, -0.05) is 6.92 Å². The van der Waals surface area contributed by atoms with Crippen molar-refractivity contribution >= 4 is 0 Å². The third-order valence-electron chi connectivity index (χ3n) is 1.48. The number of aromatic nitrogens is 1. The second-order valence-corrected chi connectivity index (χ2v) is 2.43. The Morgan fingerprint density at radius 2 is 2.55 bits per heavy atom. The summed E-state index contributed by atoms with van der Waals surface area (Å²) in [6, 6.07) is 6.40. The molecule has 59 valence electrons. The number of nitrogens with zero attached hydrogens (tertiary/aromatic N) is 1. The third kappa shape index (κ3) is 2.58. The Labute approximate surface area is 67.2 Å². The van der Waals surface area contributed by atoms with Crippen LogP contribution in [-0.2, 0) is 0 Å². The zero-order valence-corrected chi connectivity index (χ0v) is 6.87. The number of hydrogen-bond acceptors (Lipinski definition) is 2. The quantitative estimate of drug-likeness (QED) is 0.658. The maximum atomic E-state index is 5.42. The van der Waals surface area contributed by atoms with E-state index in [0.717, 1.165) is 6.42 Å². The molecular formula is C9H12NO. The van der Waals surface area contributed by atoms with E-state index in [1.807, 2.05) is 6.92 Å². The van der Waals surface area contributed by atoms with E-state index < -0.39 is 0 Å². The number of rotatable bonds is 3. The number of pyridine rings is 1. The van der Waals surface area contributed by atoms with Crippen LogP contribution >= 0.6 is 0 Å². The van der Waals surface area contributed by atoms with Crippen LogP contribution in [0, 0.1) is 6.07 Å². The molecule has 0 aliphatic carbocycles. The van der Waals surface area contributed by atoms with Crippen molar-refractivity contribution in [3.05, 3.63) is 24.4 Å². The summed E-state index contributed by atoms with van der Waals surface area (Å²) in [5, 5.41) is 0. The summed E-state index contributed by atoms with van der Waals surface area (Å²) in [5.41, 5.74) is 0. The summed E-state index contributed by atoms with van der Waals surface area (Å²) in [6.45, 7) is 4.10. The van der Waals surface area contributed by atoms with Gasteiger partial charge >= 0.3 is 0 Å². The molecule has 1 aromatic rings. The molecule has 11 heavy (non-hydrogen) atoms. The SMILES string of the molecule is CCC(C)Oc1c[c]ccn1. The van der Waals surface area contributed by atoms with E-state index >= 15 is 0 Å². The van der Waals surface area contributed by atoms with Crippen molar-refractivity contribution in [2.75, 3.05) is 0 Å². The van der Waals surface area contributed by atoms with Crippen LogP contribution in [0.25, 0.3) is 0 Å². The molecule has 0 saturated carbocycles. The Kier molecular flexibility index (Phi) is 2.90. The molecule has 1 rings (SSSR count). The minimum absolute atomic E-state index is 0.235. The lowest BCUT2D eigenvalue weighted by atomic mass is 10.3. The van der Waals surface area contributed by atoms with Crippen LogP contribution < -0.4 is 4.74 Å². The molecule has 1 radical (unpaired) electrons. The van der Waals surface area contributed by atoms with Crippen molar-refractivity contribution < 1.29 is 4.74 Å². The van der Waals surface area contributed by atoms with E-state index in [1.165, 1.54) is 0 Å². The molecule has 0 spiro atoms. The van der Waals surface area contributed by atoms with E-state index in [1.54, 1.807) is 18.3 Å². The summed E-state index contributed by atoms with van der Waals surface area (Å²) in [4.78, 5) is 4.01. The summed E-state index contributed by atoms with van der Waals surface area (Å²) in [7, 11) is 0. The van der Waals surface area contributed by atoms with E-state index in [9.17, 15) is 0 Å². The molecule has 2 heteroatoms. The summed E-state index contributed by atoms with van der Waals surface area (Å²) >= 11 is 0. The molecule has 0 aliphatic heterocycles. The van der Waals surface area contributed by atoms with Crippen LogP contribution in [0.5, 0.6) is 5.88 Å². The van der Waals surface area contributed by atoms with Crippen molar-refractivity contribution in [1.29, 1.82) is 0 Å². The molecule has 0 N–H and O–H groups in total. The van der Waals surface area contributed by atoms with E-state index in [-0.39, 0.29) is 6.10 Å². The molecule has 0 bridgehead atoms. The zero-order chi connectivity index (χ0) is 8.10. The average molecular weight is 150 g/mol. The molecule has 0 amide bonds. The lowest BCUT2D eigenvalue weighted by molar-refractivity contribution is 0.208. The highest BCUT2D eigenvalue weighted by Crippen LogP contribution is 2.06. The van der Waals surface area contributed by atoms with Crippen molar-refractivity contribution in [2.24, 2.45) is 0 Å². The van der Waals surface area contributed by atoms with E-state index in [4.69, 9.17) is 4.74 Å². The van der Waals surface area contributed by atoms with Crippen molar-refractivity contribution in [2.45, 2.75) is 26.4 Å².